The number of amides is 1. The molecule has 0 aliphatic carbocycles. The van der Waals surface area contributed by atoms with Gasteiger partial charge in [-0.1, -0.05) is 17.7 Å². The summed E-state index contributed by atoms with van der Waals surface area (Å²) in [5, 5.41) is 3.43. The second-order valence-electron chi connectivity index (χ2n) is 5.07. The van der Waals surface area contributed by atoms with E-state index < -0.39 is 0 Å². The van der Waals surface area contributed by atoms with Crippen LogP contribution in [0.15, 0.2) is 41.0 Å². The summed E-state index contributed by atoms with van der Waals surface area (Å²) in [5.41, 5.74) is 3.59. The average molecular weight is 379 g/mol. The highest BCUT2D eigenvalue weighted by atomic mass is 79.9. The van der Waals surface area contributed by atoms with E-state index in [1.807, 2.05) is 26.1 Å². The number of carbonyl (C=O) groups excluding carboxylic acids is 1. The van der Waals surface area contributed by atoms with Gasteiger partial charge in [0.2, 0.25) is 0 Å². The maximum absolute atomic E-state index is 12.6. The van der Waals surface area contributed by atoms with Crippen LogP contribution in [0.2, 0.25) is 5.02 Å². The number of hydrogen-bond acceptors (Lipinski definition) is 2. The van der Waals surface area contributed by atoms with Gasteiger partial charge in [0.1, 0.15) is 5.69 Å². The van der Waals surface area contributed by atoms with Crippen molar-refractivity contribution in [3.63, 3.8) is 0 Å². The summed E-state index contributed by atoms with van der Waals surface area (Å²) in [4.78, 5) is 17.1. The van der Waals surface area contributed by atoms with Crippen LogP contribution in [0.5, 0.6) is 0 Å². The summed E-state index contributed by atoms with van der Waals surface area (Å²) in [5.74, 6) is -0.218. The topological polar surface area (TPSA) is 46.4 Å². The van der Waals surface area contributed by atoms with Crippen LogP contribution in [-0.2, 0) is 0 Å². The minimum absolute atomic E-state index is 0.218. The van der Waals surface area contributed by atoms with Gasteiger partial charge >= 0.3 is 0 Å². The van der Waals surface area contributed by atoms with Crippen molar-refractivity contribution in [3.8, 4) is 0 Å². The fraction of sp³-hybridized carbons (Fsp3) is 0.125. The van der Waals surface area contributed by atoms with Crippen LogP contribution in [-0.4, -0.2) is 15.3 Å². The number of anilines is 1. The van der Waals surface area contributed by atoms with Gasteiger partial charge in [-0.15, -0.1) is 0 Å². The molecule has 0 radical (unpaired) electrons. The third kappa shape index (κ3) is 2.74. The first-order valence-electron chi connectivity index (χ1n) is 6.67. The Morgan fingerprint density at radius 2 is 2.09 bits per heavy atom. The Bertz CT molecular complexity index is 888. The molecular weight excluding hydrogens is 366 g/mol. The van der Waals surface area contributed by atoms with Crippen molar-refractivity contribution in [3.05, 3.63) is 63.0 Å². The van der Waals surface area contributed by atoms with Gasteiger partial charge in [0.25, 0.3) is 5.91 Å². The smallest absolute Gasteiger partial charge is 0.274 e. The molecule has 0 aliphatic rings. The lowest BCUT2D eigenvalue weighted by Gasteiger charge is -2.07. The molecule has 1 amide bonds. The number of imidazole rings is 1. The second kappa shape index (κ2) is 5.74. The van der Waals surface area contributed by atoms with E-state index in [2.05, 4.69) is 26.2 Å². The number of halogens is 2. The van der Waals surface area contributed by atoms with Gasteiger partial charge in [0.05, 0.1) is 10.2 Å². The Balaban J connectivity index is 2.06. The number of hydrogen-bond donors (Lipinski definition) is 1. The highest BCUT2D eigenvalue weighted by Gasteiger charge is 2.18. The lowest BCUT2D eigenvalue weighted by molar-refractivity contribution is 0.102. The fourth-order valence-corrected chi connectivity index (χ4v) is 3.21. The lowest BCUT2D eigenvalue weighted by atomic mass is 10.2. The Kier molecular flexibility index (Phi) is 3.93. The molecule has 1 aromatic carbocycles. The summed E-state index contributed by atoms with van der Waals surface area (Å²) in [6.45, 7) is 3.79. The highest BCUT2D eigenvalue weighted by molar-refractivity contribution is 9.10. The lowest BCUT2D eigenvalue weighted by Crippen LogP contribution is -2.15. The largest absolute Gasteiger partial charge is 0.321 e. The molecule has 0 spiro atoms. The number of carbonyl (C=O) groups is 1. The monoisotopic (exact) mass is 377 g/mol. The molecule has 2 aromatic heterocycles. The Morgan fingerprint density at radius 1 is 1.32 bits per heavy atom. The van der Waals surface area contributed by atoms with Crippen LogP contribution in [0.1, 0.15) is 21.7 Å². The summed E-state index contributed by atoms with van der Waals surface area (Å²) in [6, 6.07) is 9.03. The normalized spacial score (nSPS) is 10.9. The Labute approximate surface area is 141 Å². The van der Waals surface area contributed by atoms with E-state index in [1.54, 1.807) is 28.7 Å². The van der Waals surface area contributed by atoms with Crippen molar-refractivity contribution in [1.29, 1.82) is 0 Å². The quantitative estimate of drug-likeness (QED) is 0.707. The van der Waals surface area contributed by atoms with Gasteiger partial charge < -0.3 is 5.32 Å². The number of nitrogens with zero attached hydrogens (tertiary/aromatic N) is 2. The van der Waals surface area contributed by atoms with E-state index in [0.29, 0.717) is 22.1 Å². The van der Waals surface area contributed by atoms with E-state index in [1.165, 1.54) is 0 Å². The van der Waals surface area contributed by atoms with Crippen molar-refractivity contribution in [2.45, 2.75) is 13.8 Å². The molecule has 1 N–H and O–H groups in total. The molecule has 6 heteroatoms. The summed E-state index contributed by atoms with van der Waals surface area (Å²) in [6.07, 6.45) is 1.90. The number of nitrogens with one attached hydrogen (secondary N) is 1. The molecule has 3 aromatic rings. The van der Waals surface area contributed by atoms with Gasteiger partial charge in [0, 0.05) is 16.9 Å². The van der Waals surface area contributed by atoms with E-state index >= 15 is 0 Å². The first-order chi connectivity index (χ1) is 10.5. The standard InChI is InChI=1S/C16H13BrClN3O/c1-9-6-13(17)15-19-10(2)14(21(15)8-9)16(22)20-12-5-3-4-11(18)7-12/h3-8H,1-2H3,(H,20,22). The maximum atomic E-state index is 12.6. The fourth-order valence-electron chi connectivity index (χ4n) is 2.38. The molecule has 0 unspecified atom stereocenters. The van der Waals surface area contributed by atoms with E-state index in [-0.39, 0.29) is 5.91 Å². The first-order valence-corrected chi connectivity index (χ1v) is 7.84. The SMILES string of the molecule is Cc1cc(Br)c2nc(C)c(C(=O)Nc3cccc(Cl)c3)n2c1. The third-order valence-electron chi connectivity index (χ3n) is 3.28. The molecule has 112 valence electrons. The van der Waals surface area contributed by atoms with Crippen molar-refractivity contribution < 1.29 is 4.79 Å². The molecule has 3 rings (SSSR count). The van der Waals surface area contributed by atoms with Crippen molar-refractivity contribution in [1.82, 2.24) is 9.38 Å². The number of aromatic nitrogens is 2. The van der Waals surface area contributed by atoms with Crippen LogP contribution < -0.4 is 5.32 Å². The molecule has 0 atom stereocenters. The van der Waals surface area contributed by atoms with Gasteiger partial charge in [-0.05, 0) is 59.6 Å². The summed E-state index contributed by atoms with van der Waals surface area (Å²) in [7, 11) is 0. The maximum Gasteiger partial charge on any atom is 0.274 e. The summed E-state index contributed by atoms with van der Waals surface area (Å²) < 4.78 is 2.66. The first kappa shape index (κ1) is 15.1. The number of benzene rings is 1. The van der Waals surface area contributed by atoms with Crippen LogP contribution in [0.25, 0.3) is 5.65 Å². The van der Waals surface area contributed by atoms with Crippen molar-refractivity contribution in [2.24, 2.45) is 0 Å². The van der Waals surface area contributed by atoms with Crippen LogP contribution in [0, 0.1) is 13.8 Å². The minimum atomic E-state index is -0.218. The number of aryl methyl sites for hydroxylation is 2. The van der Waals surface area contributed by atoms with Gasteiger partial charge in [-0.3, -0.25) is 9.20 Å². The summed E-state index contributed by atoms with van der Waals surface area (Å²) >= 11 is 9.43. The third-order valence-corrected chi connectivity index (χ3v) is 4.10. The Hall–Kier alpha value is -1.85. The number of rotatable bonds is 2. The molecule has 4 nitrogen and oxygen atoms in total. The molecule has 0 saturated carbocycles. The molecule has 0 aliphatic heterocycles. The van der Waals surface area contributed by atoms with Crippen molar-refractivity contribution >= 4 is 44.8 Å². The zero-order valence-corrected chi connectivity index (χ0v) is 14.4. The zero-order chi connectivity index (χ0) is 15.9. The van der Waals surface area contributed by atoms with Gasteiger partial charge in [-0.2, -0.15) is 0 Å². The molecule has 0 bridgehead atoms. The highest BCUT2D eigenvalue weighted by Crippen LogP contribution is 2.23. The molecule has 2 heterocycles. The van der Waals surface area contributed by atoms with E-state index in [4.69, 9.17) is 11.6 Å². The van der Waals surface area contributed by atoms with Crippen LogP contribution >= 0.6 is 27.5 Å². The second-order valence-corrected chi connectivity index (χ2v) is 6.36. The number of pyridine rings is 1. The molecule has 0 fully saturated rings. The van der Waals surface area contributed by atoms with Gasteiger partial charge in [0.15, 0.2) is 5.65 Å². The average Bonchev–Trinajstić information content (AvgIpc) is 2.75. The van der Waals surface area contributed by atoms with E-state index in [9.17, 15) is 4.79 Å². The minimum Gasteiger partial charge on any atom is -0.321 e. The Morgan fingerprint density at radius 3 is 2.82 bits per heavy atom. The predicted octanol–water partition coefficient (Wildman–Crippen LogP) is 4.62. The zero-order valence-electron chi connectivity index (χ0n) is 12.0. The number of fused-ring (bicyclic) bond motifs is 1. The van der Waals surface area contributed by atoms with Gasteiger partial charge in [-0.25, -0.2) is 4.98 Å². The van der Waals surface area contributed by atoms with Crippen LogP contribution in [0.4, 0.5) is 5.69 Å². The molecule has 0 saturated heterocycles. The van der Waals surface area contributed by atoms with Crippen molar-refractivity contribution in [2.75, 3.05) is 5.32 Å². The molecular formula is C16H13BrClN3O. The van der Waals surface area contributed by atoms with E-state index in [0.717, 1.165) is 15.7 Å². The molecule has 22 heavy (non-hydrogen) atoms. The predicted molar refractivity (Wildman–Crippen MR) is 91.8 cm³/mol. The van der Waals surface area contributed by atoms with Crippen LogP contribution in [0.3, 0.4) is 0 Å².